The second-order valence-corrected chi connectivity index (χ2v) is 5.38. The fraction of sp³-hybridized carbons (Fsp3) is 0.235. The quantitative estimate of drug-likeness (QED) is 0.811. The Morgan fingerprint density at radius 2 is 1.84 bits per heavy atom. The molecular weight excluding hydrogens is 356 g/mol. The van der Waals surface area contributed by atoms with Gasteiger partial charge in [-0.25, -0.2) is 0 Å². The summed E-state index contributed by atoms with van der Waals surface area (Å²) < 4.78 is 40.0. The molecule has 134 valence electrons. The van der Waals surface area contributed by atoms with Crippen molar-refractivity contribution in [2.75, 3.05) is 19.5 Å². The van der Waals surface area contributed by atoms with Gasteiger partial charge in [-0.1, -0.05) is 17.7 Å². The number of hydrogen-bond acceptors (Lipinski definition) is 4. The number of alkyl halides is 2. The number of rotatable bonds is 6. The minimum Gasteiger partial charge on any atom is -0.495 e. The molecule has 1 amide bonds. The molecule has 25 heavy (non-hydrogen) atoms. The van der Waals surface area contributed by atoms with Crippen LogP contribution in [0.4, 0.5) is 14.5 Å². The van der Waals surface area contributed by atoms with Gasteiger partial charge in [-0.3, -0.25) is 4.79 Å². The number of ether oxygens (including phenoxy) is 3. The highest BCUT2D eigenvalue weighted by atomic mass is 35.5. The number of hydrogen-bond donors (Lipinski definition) is 1. The normalized spacial score (nSPS) is 10.5. The summed E-state index contributed by atoms with van der Waals surface area (Å²) in [4.78, 5) is 12.6. The van der Waals surface area contributed by atoms with Crippen LogP contribution in [0.2, 0.25) is 5.02 Å². The summed E-state index contributed by atoms with van der Waals surface area (Å²) in [6.45, 7) is -1.34. The summed E-state index contributed by atoms with van der Waals surface area (Å²) in [6.07, 6.45) is 0. The molecule has 0 saturated heterocycles. The Morgan fingerprint density at radius 1 is 1.16 bits per heavy atom. The van der Waals surface area contributed by atoms with Crippen LogP contribution in [0.3, 0.4) is 0 Å². The van der Waals surface area contributed by atoms with Crippen molar-refractivity contribution in [3.05, 3.63) is 46.5 Å². The number of nitrogens with one attached hydrogen (secondary N) is 1. The number of anilines is 1. The smallest absolute Gasteiger partial charge is 0.387 e. The SMILES string of the molecule is COc1cc(Cl)c(C)cc1NC(=O)c1cccc(OC)c1OC(F)F. The van der Waals surface area contributed by atoms with Gasteiger partial charge < -0.3 is 19.5 Å². The van der Waals surface area contributed by atoms with Gasteiger partial charge in [0.2, 0.25) is 0 Å². The summed E-state index contributed by atoms with van der Waals surface area (Å²) in [5.74, 6) is -0.646. The van der Waals surface area contributed by atoms with E-state index in [1.165, 1.54) is 32.4 Å². The van der Waals surface area contributed by atoms with E-state index >= 15 is 0 Å². The van der Waals surface area contributed by atoms with Crippen molar-refractivity contribution in [1.82, 2.24) is 0 Å². The van der Waals surface area contributed by atoms with E-state index in [1.807, 2.05) is 0 Å². The van der Waals surface area contributed by atoms with Crippen molar-refractivity contribution in [2.24, 2.45) is 0 Å². The fourth-order valence-electron chi connectivity index (χ4n) is 2.19. The van der Waals surface area contributed by atoms with Gasteiger partial charge in [0, 0.05) is 11.1 Å². The first kappa shape index (κ1) is 18.8. The van der Waals surface area contributed by atoms with Gasteiger partial charge in [-0.15, -0.1) is 0 Å². The zero-order valence-electron chi connectivity index (χ0n) is 13.7. The molecule has 0 aliphatic carbocycles. The van der Waals surface area contributed by atoms with Crippen molar-refractivity contribution in [2.45, 2.75) is 13.5 Å². The zero-order valence-corrected chi connectivity index (χ0v) is 14.5. The van der Waals surface area contributed by atoms with E-state index in [4.69, 9.17) is 21.1 Å². The van der Waals surface area contributed by atoms with Gasteiger partial charge in [-0.05, 0) is 30.7 Å². The van der Waals surface area contributed by atoms with Gasteiger partial charge in [-0.2, -0.15) is 8.78 Å². The third-order valence-corrected chi connectivity index (χ3v) is 3.79. The molecule has 0 bridgehead atoms. The van der Waals surface area contributed by atoms with Crippen LogP contribution in [0.15, 0.2) is 30.3 Å². The minimum absolute atomic E-state index is 0.0206. The van der Waals surface area contributed by atoms with Crippen LogP contribution in [0, 0.1) is 6.92 Å². The Morgan fingerprint density at radius 3 is 2.44 bits per heavy atom. The highest BCUT2D eigenvalue weighted by molar-refractivity contribution is 6.31. The highest BCUT2D eigenvalue weighted by Gasteiger charge is 2.21. The number of para-hydroxylation sites is 1. The summed E-state index contributed by atoms with van der Waals surface area (Å²) in [7, 11) is 2.72. The lowest BCUT2D eigenvalue weighted by molar-refractivity contribution is -0.0515. The van der Waals surface area contributed by atoms with E-state index in [2.05, 4.69) is 10.1 Å². The molecule has 0 radical (unpaired) electrons. The Hall–Kier alpha value is -2.54. The van der Waals surface area contributed by atoms with Crippen molar-refractivity contribution in [1.29, 1.82) is 0 Å². The number of benzene rings is 2. The molecule has 0 aliphatic heterocycles. The molecule has 8 heteroatoms. The predicted molar refractivity (Wildman–Crippen MR) is 90.3 cm³/mol. The van der Waals surface area contributed by atoms with Gasteiger partial charge in [0.25, 0.3) is 5.91 Å². The maximum absolute atomic E-state index is 12.7. The third kappa shape index (κ3) is 4.30. The number of halogens is 3. The number of aryl methyl sites for hydroxylation is 1. The largest absolute Gasteiger partial charge is 0.495 e. The van der Waals surface area contributed by atoms with Gasteiger partial charge in [0.1, 0.15) is 5.75 Å². The van der Waals surface area contributed by atoms with E-state index in [0.717, 1.165) is 0 Å². The molecular formula is C17H16ClF2NO4. The molecule has 0 unspecified atom stereocenters. The summed E-state index contributed by atoms with van der Waals surface area (Å²) in [5, 5.41) is 3.08. The van der Waals surface area contributed by atoms with Crippen molar-refractivity contribution in [3.63, 3.8) is 0 Å². The molecule has 0 saturated carbocycles. The average Bonchev–Trinajstić information content (AvgIpc) is 2.57. The Balaban J connectivity index is 2.41. The van der Waals surface area contributed by atoms with Crippen LogP contribution >= 0.6 is 11.6 Å². The van der Waals surface area contributed by atoms with Crippen LogP contribution in [0.1, 0.15) is 15.9 Å². The van der Waals surface area contributed by atoms with E-state index in [0.29, 0.717) is 22.0 Å². The Labute approximate surface area is 148 Å². The monoisotopic (exact) mass is 371 g/mol. The Kier molecular flexibility index (Phi) is 6.03. The van der Waals surface area contributed by atoms with Crippen LogP contribution < -0.4 is 19.5 Å². The second kappa shape index (κ2) is 8.02. The lowest BCUT2D eigenvalue weighted by Gasteiger charge is -2.16. The molecule has 0 aromatic heterocycles. The van der Waals surface area contributed by atoms with Crippen molar-refractivity contribution < 1.29 is 27.8 Å². The van der Waals surface area contributed by atoms with Crippen LogP contribution in [-0.4, -0.2) is 26.7 Å². The fourth-order valence-corrected chi connectivity index (χ4v) is 2.34. The molecule has 0 atom stereocenters. The molecule has 2 rings (SSSR count). The molecule has 0 fully saturated rings. The number of amides is 1. The van der Waals surface area contributed by atoms with Crippen LogP contribution in [0.25, 0.3) is 0 Å². The van der Waals surface area contributed by atoms with Crippen LogP contribution in [0.5, 0.6) is 17.2 Å². The van der Waals surface area contributed by atoms with Gasteiger partial charge >= 0.3 is 6.61 Å². The molecule has 0 spiro atoms. The number of carbonyl (C=O) groups is 1. The number of carbonyl (C=O) groups excluding carboxylic acids is 1. The van der Waals surface area contributed by atoms with E-state index in [9.17, 15) is 13.6 Å². The maximum atomic E-state index is 12.7. The third-order valence-electron chi connectivity index (χ3n) is 3.38. The molecule has 0 aliphatic rings. The lowest BCUT2D eigenvalue weighted by Crippen LogP contribution is -2.16. The van der Waals surface area contributed by atoms with E-state index in [-0.39, 0.29) is 17.1 Å². The predicted octanol–water partition coefficient (Wildman–Crippen LogP) is 4.52. The first-order valence-corrected chi connectivity index (χ1v) is 7.52. The number of methoxy groups -OCH3 is 2. The van der Waals surface area contributed by atoms with Gasteiger partial charge in [0.05, 0.1) is 25.5 Å². The average molecular weight is 372 g/mol. The van der Waals surface area contributed by atoms with Crippen LogP contribution in [-0.2, 0) is 0 Å². The topological polar surface area (TPSA) is 56.8 Å². The highest BCUT2D eigenvalue weighted by Crippen LogP contribution is 2.35. The van der Waals surface area contributed by atoms with Crippen molar-refractivity contribution >= 4 is 23.2 Å². The molecule has 1 N–H and O–H groups in total. The van der Waals surface area contributed by atoms with Gasteiger partial charge in [0.15, 0.2) is 11.5 Å². The van der Waals surface area contributed by atoms with E-state index < -0.39 is 12.5 Å². The first-order chi connectivity index (χ1) is 11.9. The second-order valence-electron chi connectivity index (χ2n) is 4.97. The van der Waals surface area contributed by atoms with Crippen molar-refractivity contribution in [3.8, 4) is 17.2 Å². The molecule has 2 aromatic rings. The standard InChI is InChI=1S/C17H16ClF2NO4/c1-9-7-12(14(24-3)8-11(9)18)21-16(22)10-5-4-6-13(23-2)15(10)25-17(19)20/h4-8,17H,1-3H3,(H,21,22). The minimum atomic E-state index is -3.10. The maximum Gasteiger partial charge on any atom is 0.387 e. The zero-order chi connectivity index (χ0) is 18.6. The summed E-state index contributed by atoms with van der Waals surface area (Å²) in [6, 6.07) is 7.43. The molecule has 5 nitrogen and oxygen atoms in total. The molecule has 0 heterocycles. The van der Waals surface area contributed by atoms with E-state index in [1.54, 1.807) is 19.1 Å². The Bertz CT molecular complexity index is 783. The first-order valence-electron chi connectivity index (χ1n) is 7.14. The lowest BCUT2D eigenvalue weighted by atomic mass is 10.1. The molecule has 2 aromatic carbocycles. The summed E-state index contributed by atoms with van der Waals surface area (Å²) in [5.41, 5.74) is 0.960. The summed E-state index contributed by atoms with van der Waals surface area (Å²) >= 11 is 6.03.